The van der Waals surface area contributed by atoms with E-state index in [1.54, 1.807) is 52.2 Å². The maximum atomic E-state index is 12.8. The molecule has 0 radical (unpaired) electrons. The summed E-state index contributed by atoms with van der Waals surface area (Å²) in [7, 11) is 0. The van der Waals surface area contributed by atoms with Crippen LogP contribution in [0.5, 0.6) is 0 Å². The molecule has 27 heavy (non-hydrogen) atoms. The average Bonchev–Trinajstić information content (AvgIpc) is 2.61. The zero-order chi connectivity index (χ0) is 20.0. The second-order valence-electron chi connectivity index (χ2n) is 6.42. The summed E-state index contributed by atoms with van der Waals surface area (Å²) < 4.78 is 10.6. The Balaban J connectivity index is 2.51. The van der Waals surface area contributed by atoms with Crippen LogP contribution in [0.25, 0.3) is 0 Å². The molecule has 1 aromatic heterocycles. The van der Waals surface area contributed by atoms with E-state index in [4.69, 9.17) is 14.7 Å². The fraction of sp³-hybridized carbons (Fsp3) is 0.400. The lowest BCUT2D eigenvalue weighted by Gasteiger charge is -2.30. The predicted octanol–water partition coefficient (Wildman–Crippen LogP) is 2.72. The highest BCUT2D eigenvalue weighted by molar-refractivity contribution is 5.99. The van der Waals surface area contributed by atoms with Crippen LogP contribution in [0.15, 0.2) is 47.1 Å². The van der Waals surface area contributed by atoms with Crippen molar-refractivity contribution in [3.05, 3.63) is 52.6 Å². The molecule has 0 amide bonds. The summed E-state index contributed by atoms with van der Waals surface area (Å²) in [4.78, 5) is 29.6. The number of aromatic nitrogens is 1. The zero-order valence-corrected chi connectivity index (χ0v) is 15.9. The lowest BCUT2D eigenvalue weighted by atomic mass is 9.81. The molecule has 1 aliphatic heterocycles. The molecule has 1 N–H and O–H groups in total. The molecule has 1 atom stereocenters. The third-order valence-corrected chi connectivity index (χ3v) is 4.01. The molecule has 7 heteroatoms. The van der Waals surface area contributed by atoms with E-state index in [1.165, 1.54) is 0 Å². The molecule has 0 spiro atoms. The minimum absolute atomic E-state index is 0.0135. The van der Waals surface area contributed by atoms with E-state index in [9.17, 15) is 9.59 Å². The van der Waals surface area contributed by atoms with Crippen LogP contribution in [-0.4, -0.2) is 29.6 Å². The highest BCUT2D eigenvalue weighted by Crippen LogP contribution is 2.39. The summed E-state index contributed by atoms with van der Waals surface area (Å²) >= 11 is 0. The van der Waals surface area contributed by atoms with E-state index in [1.807, 2.05) is 6.07 Å². The Bertz CT molecular complexity index is 819. The van der Waals surface area contributed by atoms with Crippen LogP contribution in [0.4, 0.5) is 0 Å². The molecule has 2 rings (SSSR count). The van der Waals surface area contributed by atoms with E-state index in [0.29, 0.717) is 28.1 Å². The maximum absolute atomic E-state index is 12.8. The van der Waals surface area contributed by atoms with E-state index in [2.05, 4.69) is 10.3 Å². The molecular weight excluding hydrogens is 346 g/mol. The van der Waals surface area contributed by atoms with Gasteiger partial charge in [-0.1, -0.05) is 6.07 Å². The normalized spacial score (nSPS) is 16.7. The highest BCUT2D eigenvalue weighted by Gasteiger charge is 2.38. The fourth-order valence-electron chi connectivity index (χ4n) is 2.96. The summed E-state index contributed by atoms with van der Waals surface area (Å²) in [6.45, 7) is 7.03. The molecule has 1 unspecified atom stereocenters. The summed E-state index contributed by atoms with van der Waals surface area (Å²) in [5, 5.41) is 11.7. The van der Waals surface area contributed by atoms with Gasteiger partial charge in [0.05, 0.1) is 35.7 Å². The molecule has 0 saturated heterocycles. The van der Waals surface area contributed by atoms with Crippen molar-refractivity contribution in [3.8, 4) is 6.07 Å². The van der Waals surface area contributed by atoms with E-state index in [-0.39, 0.29) is 19.1 Å². The number of allylic oxidation sites excluding steroid dienone is 2. The Morgan fingerprint density at radius 3 is 2.48 bits per heavy atom. The number of rotatable bonds is 6. The predicted molar refractivity (Wildman–Crippen MR) is 97.9 cm³/mol. The van der Waals surface area contributed by atoms with Crippen LogP contribution < -0.4 is 5.32 Å². The van der Waals surface area contributed by atoms with Crippen molar-refractivity contribution in [2.45, 2.75) is 46.1 Å². The largest absolute Gasteiger partial charge is 0.461 e. The first-order chi connectivity index (χ1) is 12.9. The number of esters is 2. The lowest BCUT2D eigenvalue weighted by molar-refractivity contribution is -0.143. The van der Waals surface area contributed by atoms with Crippen LogP contribution in [0.1, 0.15) is 45.6 Å². The number of dihydropyridines is 1. The van der Waals surface area contributed by atoms with Crippen molar-refractivity contribution in [3.63, 3.8) is 0 Å². The van der Waals surface area contributed by atoms with Crippen LogP contribution in [0.3, 0.4) is 0 Å². The maximum Gasteiger partial charge on any atom is 0.337 e. The molecule has 0 aliphatic carbocycles. The van der Waals surface area contributed by atoms with Gasteiger partial charge < -0.3 is 14.8 Å². The van der Waals surface area contributed by atoms with Gasteiger partial charge in [0.15, 0.2) is 0 Å². The Labute approximate surface area is 158 Å². The SMILES string of the molecule is CC1=C(C(=O)OCCC#N)C(c2cccnc2)C(C(=O)OC(C)C)=C(C)N1. The topological polar surface area (TPSA) is 101 Å². The van der Waals surface area contributed by atoms with Crippen molar-refractivity contribution in [1.82, 2.24) is 10.3 Å². The van der Waals surface area contributed by atoms with Gasteiger partial charge in [-0.15, -0.1) is 0 Å². The smallest absolute Gasteiger partial charge is 0.337 e. The first kappa shape index (κ1) is 20.2. The third-order valence-electron chi connectivity index (χ3n) is 4.01. The Morgan fingerprint density at radius 2 is 1.93 bits per heavy atom. The molecule has 0 aromatic carbocycles. The molecule has 0 bridgehead atoms. The van der Waals surface area contributed by atoms with Gasteiger partial charge in [-0.05, 0) is 39.3 Å². The second kappa shape index (κ2) is 8.99. The number of nitriles is 1. The quantitative estimate of drug-likeness (QED) is 0.607. The molecule has 1 aromatic rings. The van der Waals surface area contributed by atoms with Crippen molar-refractivity contribution < 1.29 is 19.1 Å². The number of carbonyl (C=O) groups is 2. The fourth-order valence-corrected chi connectivity index (χ4v) is 2.96. The van der Waals surface area contributed by atoms with Gasteiger partial charge in [0.1, 0.15) is 6.61 Å². The Hall–Kier alpha value is -3.14. The number of ether oxygens (including phenoxy) is 2. The van der Waals surface area contributed by atoms with Gasteiger partial charge in [0.2, 0.25) is 0 Å². The summed E-state index contributed by atoms with van der Waals surface area (Å²) in [5.74, 6) is -1.74. The molecule has 142 valence electrons. The molecular formula is C20H23N3O4. The highest BCUT2D eigenvalue weighted by atomic mass is 16.5. The number of hydrogen-bond donors (Lipinski definition) is 1. The lowest BCUT2D eigenvalue weighted by Crippen LogP contribution is -2.33. The first-order valence-corrected chi connectivity index (χ1v) is 8.70. The number of carbonyl (C=O) groups excluding carboxylic acids is 2. The van der Waals surface area contributed by atoms with E-state index in [0.717, 1.165) is 0 Å². The molecule has 1 aliphatic rings. The van der Waals surface area contributed by atoms with Crippen LogP contribution in [0, 0.1) is 11.3 Å². The Kier molecular flexibility index (Phi) is 6.72. The average molecular weight is 369 g/mol. The standard InChI is InChI=1S/C20H23N3O4/c1-12(2)27-20(25)17-14(4)23-13(3)16(19(24)26-10-6-8-21)18(17)15-7-5-9-22-11-15/h5,7,9,11-12,18,23H,6,10H2,1-4H3. The van der Waals surface area contributed by atoms with Crippen LogP contribution in [0.2, 0.25) is 0 Å². The first-order valence-electron chi connectivity index (χ1n) is 8.70. The van der Waals surface area contributed by atoms with Gasteiger partial charge in [0, 0.05) is 23.8 Å². The number of nitrogens with one attached hydrogen (secondary N) is 1. The minimum Gasteiger partial charge on any atom is -0.461 e. The van der Waals surface area contributed by atoms with E-state index < -0.39 is 17.9 Å². The van der Waals surface area contributed by atoms with Gasteiger partial charge >= 0.3 is 11.9 Å². The third kappa shape index (κ3) is 4.73. The zero-order valence-electron chi connectivity index (χ0n) is 15.9. The monoisotopic (exact) mass is 369 g/mol. The number of pyridine rings is 1. The van der Waals surface area contributed by atoms with Crippen molar-refractivity contribution in [2.24, 2.45) is 0 Å². The summed E-state index contributed by atoms with van der Waals surface area (Å²) in [6.07, 6.45) is 3.03. The van der Waals surface area contributed by atoms with Crippen molar-refractivity contribution >= 4 is 11.9 Å². The number of nitrogens with zero attached hydrogens (tertiary/aromatic N) is 2. The van der Waals surface area contributed by atoms with Crippen molar-refractivity contribution in [1.29, 1.82) is 5.26 Å². The van der Waals surface area contributed by atoms with Gasteiger partial charge in [-0.3, -0.25) is 4.98 Å². The van der Waals surface area contributed by atoms with Crippen LogP contribution >= 0.6 is 0 Å². The number of hydrogen-bond acceptors (Lipinski definition) is 7. The summed E-state index contributed by atoms with van der Waals surface area (Å²) in [5.41, 5.74) is 2.53. The molecule has 2 heterocycles. The molecule has 0 fully saturated rings. The van der Waals surface area contributed by atoms with Crippen LogP contribution in [-0.2, 0) is 19.1 Å². The Morgan fingerprint density at radius 1 is 1.26 bits per heavy atom. The second-order valence-corrected chi connectivity index (χ2v) is 6.42. The van der Waals surface area contributed by atoms with E-state index >= 15 is 0 Å². The van der Waals surface area contributed by atoms with Crippen molar-refractivity contribution in [2.75, 3.05) is 6.61 Å². The van der Waals surface area contributed by atoms with Gasteiger partial charge in [-0.2, -0.15) is 5.26 Å². The molecule has 0 saturated carbocycles. The molecule has 7 nitrogen and oxygen atoms in total. The summed E-state index contributed by atoms with van der Waals surface area (Å²) in [6, 6.07) is 5.48. The van der Waals surface area contributed by atoms with Gasteiger partial charge in [0.25, 0.3) is 0 Å². The van der Waals surface area contributed by atoms with Gasteiger partial charge in [-0.25, -0.2) is 9.59 Å². The minimum atomic E-state index is -0.666.